The van der Waals surface area contributed by atoms with Gasteiger partial charge in [0, 0.05) is 0 Å². The van der Waals surface area contributed by atoms with Crippen molar-refractivity contribution in [1.29, 1.82) is 0 Å². The molecule has 1 aliphatic carbocycles. The zero-order valence-electron chi connectivity index (χ0n) is 22.5. The van der Waals surface area contributed by atoms with Gasteiger partial charge in [0.15, 0.2) is 0 Å². The number of aryl methyl sites for hydroxylation is 2. The van der Waals surface area contributed by atoms with Crippen molar-refractivity contribution < 1.29 is 57.7 Å². The Bertz CT molecular complexity index is 729. The summed E-state index contributed by atoms with van der Waals surface area (Å²) in [5.74, 6) is 0.664. The number of hydrogen-bond donors (Lipinski definition) is 0. The first kappa shape index (κ1) is 36.7. The van der Waals surface area contributed by atoms with Gasteiger partial charge >= 0.3 is 208 Å². The predicted octanol–water partition coefficient (Wildman–Crippen LogP) is -0.353. The molecule has 1 aliphatic rings. The van der Waals surface area contributed by atoms with Crippen molar-refractivity contribution in [3.63, 3.8) is 0 Å². The summed E-state index contributed by atoms with van der Waals surface area (Å²) >= 11 is 2.54. The van der Waals surface area contributed by atoms with E-state index in [1.54, 1.807) is 21.9 Å². The van der Waals surface area contributed by atoms with Crippen LogP contribution < -0.4 is 42.4 Å². The van der Waals surface area contributed by atoms with Gasteiger partial charge in [-0.15, -0.1) is 0 Å². The number of allylic oxidation sites excluding steroid dienone is 4. The molecule has 0 bridgehead atoms. The quantitative estimate of drug-likeness (QED) is 0.210. The molecule has 1 aromatic carbocycles. The summed E-state index contributed by atoms with van der Waals surface area (Å²) in [7, 11) is -1.74. The molecular formula is C29H47Cl3SiTi. The molecule has 0 aliphatic heterocycles. The Labute approximate surface area is 243 Å². The minimum absolute atomic E-state index is 0. The Hall–Kier alpha value is 0.501. The van der Waals surface area contributed by atoms with E-state index >= 15 is 0 Å². The van der Waals surface area contributed by atoms with Crippen LogP contribution in [-0.2, 0) is 33.3 Å². The predicted molar refractivity (Wildman–Crippen MR) is 139 cm³/mol. The van der Waals surface area contributed by atoms with Crippen LogP contribution in [0.2, 0.25) is 16.4 Å². The largest absolute Gasteiger partial charge is 1.00 e. The Morgan fingerprint density at radius 1 is 0.794 bits per heavy atom. The number of rotatable bonds is 14. The van der Waals surface area contributed by atoms with Gasteiger partial charge in [-0.3, -0.25) is 0 Å². The zero-order valence-corrected chi connectivity index (χ0v) is 27.3. The molecule has 2 rings (SSSR count). The van der Waals surface area contributed by atoms with E-state index in [0.29, 0.717) is 5.92 Å². The Balaban J connectivity index is 0. The number of halogens is 3. The van der Waals surface area contributed by atoms with Crippen molar-refractivity contribution >= 4 is 13.3 Å². The summed E-state index contributed by atoms with van der Waals surface area (Å²) in [5, 5.41) is 1.68. The van der Waals surface area contributed by atoms with Crippen molar-refractivity contribution in [3.05, 3.63) is 53.1 Å². The molecule has 0 nitrogen and oxygen atoms in total. The van der Waals surface area contributed by atoms with Crippen LogP contribution in [0.3, 0.4) is 0 Å². The summed E-state index contributed by atoms with van der Waals surface area (Å²) in [4.78, 5) is 0. The average molecular weight is 578 g/mol. The first-order valence-electron chi connectivity index (χ1n) is 13.1. The number of unbranched alkanes of at least 4 members (excludes halogenated alkanes) is 6. The molecule has 0 spiro atoms. The Kier molecular flexibility index (Phi) is 19.3. The molecule has 0 N–H and O–H groups in total. The van der Waals surface area contributed by atoms with Gasteiger partial charge in [-0.1, -0.05) is 0 Å². The van der Waals surface area contributed by atoms with Crippen molar-refractivity contribution in [3.8, 4) is 0 Å². The maximum Gasteiger partial charge on any atom is -1.00 e. The van der Waals surface area contributed by atoms with Gasteiger partial charge in [0.25, 0.3) is 0 Å². The van der Waals surface area contributed by atoms with Crippen LogP contribution in [0.5, 0.6) is 0 Å². The van der Waals surface area contributed by atoms with Gasteiger partial charge in [-0.25, -0.2) is 0 Å². The monoisotopic (exact) mass is 576 g/mol. The molecule has 5 heteroatoms. The van der Waals surface area contributed by atoms with Gasteiger partial charge in [0.05, 0.1) is 0 Å². The molecule has 0 heterocycles. The molecule has 34 heavy (non-hydrogen) atoms. The molecule has 0 aromatic heterocycles. The SMILES string of the molecule is CCCCCCc1cc(CCCCCC)cc([Si](C)(C)[C]2([Ti+3])C=CC=C2C(C)CC)c1.[Cl-].[Cl-].[Cl-]. The molecule has 2 atom stereocenters. The van der Waals surface area contributed by atoms with E-state index in [9.17, 15) is 0 Å². The minimum atomic E-state index is -1.74. The van der Waals surface area contributed by atoms with Crippen molar-refractivity contribution in [2.75, 3.05) is 0 Å². The van der Waals surface area contributed by atoms with Crippen molar-refractivity contribution in [2.45, 2.75) is 115 Å². The van der Waals surface area contributed by atoms with Gasteiger partial charge in [-0.05, 0) is 0 Å². The first-order valence-corrected chi connectivity index (χ1v) is 16.9. The fraction of sp³-hybridized carbons (Fsp3) is 0.655. The standard InChI is InChI=1S/C29H47Si.3ClH.Ti/c1-7-10-12-14-17-25-21-26(18-15-13-11-8-2)23-27(22-25)30(5,6)29-20-16-19-28(29)24(4)9-3;;;;/h16,19-24H,7-15,17-18H2,1-6H3;3*1H;/q;;;;+3/p-3. The third kappa shape index (κ3) is 9.42. The van der Waals surface area contributed by atoms with Crippen LogP contribution in [0.1, 0.15) is 96.6 Å². The first-order chi connectivity index (χ1) is 14.8. The summed E-state index contributed by atoms with van der Waals surface area (Å²) in [6.07, 6.45) is 21.8. The van der Waals surface area contributed by atoms with Crippen LogP contribution in [0.15, 0.2) is 42.0 Å². The van der Waals surface area contributed by atoms with E-state index in [1.165, 1.54) is 70.6 Å². The topological polar surface area (TPSA) is 0 Å². The number of benzene rings is 1. The molecule has 2 unspecified atom stereocenters. The summed E-state index contributed by atoms with van der Waals surface area (Å²) in [6, 6.07) is 7.77. The number of hydrogen-bond acceptors (Lipinski definition) is 0. The van der Waals surface area contributed by atoms with Gasteiger partial charge in [0.2, 0.25) is 0 Å². The van der Waals surface area contributed by atoms with Gasteiger partial charge < -0.3 is 37.2 Å². The molecule has 0 amide bonds. The van der Waals surface area contributed by atoms with E-state index in [-0.39, 0.29) is 40.6 Å². The van der Waals surface area contributed by atoms with E-state index in [1.807, 2.05) is 0 Å². The third-order valence-electron chi connectivity index (χ3n) is 7.62. The van der Waals surface area contributed by atoms with Crippen LogP contribution in [0.25, 0.3) is 0 Å². The Morgan fingerprint density at radius 3 is 1.74 bits per heavy atom. The average Bonchev–Trinajstić information content (AvgIpc) is 3.17. The van der Waals surface area contributed by atoms with Crippen LogP contribution >= 0.6 is 0 Å². The van der Waals surface area contributed by atoms with Crippen LogP contribution in [-0.4, -0.2) is 8.07 Å². The molecule has 0 fully saturated rings. The molecule has 1 aromatic rings. The smallest absolute Gasteiger partial charge is 1.00 e. The fourth-order valence-electron chi connectivity index (χ4n) is 5.02. The molecule has 0 radical (unpaired) electrons. The normalized spacial score (nSPS) is 17.9. The van der Waals surface area contributed by atoms with Crippen LogP contribution in [0, 0.1) is 5.92 Å². The van der Waals surface area contributed by atoms with Crippen molar-refractivity contribution in [2.24, 2.45) is 5.92 Å². The van der Waals surface area contributed by atoms with E-state index < -0.39 is 8.07 Å². The molecule has 0 saturated carbocycles. The summed E-state index contributed by atoms with van der Waals surface area (Å²) < 4.78 is 0.225. The summed E-state index contributed by atoms with van der Waals surface area (Å²) in [5.41, 5.74) is 4.86. The zero-order chi connectivity index (χ0) is 22.9. The molecular weight excluding hydrogens is 531 g/mol. The maximum atomic E-state index is 2.62. The van der Waals surface area contributed by atoms with Crippen LogP contribution in [0.4, 0.5) is 0 Å². The minimum Gasteiger partial charge on any atom is -1.00 e. The molecule has 192 valence electrons. The third-order valence-corrected chi connectivity index (χ3v) is 15.4. The summed E-state index contributed by atoms with van der Waals surface area (Å²) in [6.45, 7) is 14.6. The second kappa shape index (κ2) is 17.9. The molecule has 0 saturated heterocycles. The van der Waals surface area contributed by atoms with Gasteiger partial charge in [-0.2, -0.15) is 0 Å². The Morgan fingerprint density at radius 2 is 1.29 bits per heavy atom. The second-order valence-corrected chi connectivity index (χ2v) is 17.0. The van der Waals surface area contributed by atoms with E-state index in [0.717, 1.165) is 0 Å². The van der Waals surface area contributed by atoms with E-state index in [2.05, 4.69) is 97.7 Å². The second-order valence-electron chi connectivity index (χ2n) is 10.4. The maximum absolute atomic E-state index is 2.62. The van der Waals surface area contributed by atoms with Crippen molar-refractivity contribution in [1.82, 2.24) is 0 Å². The van der Waals surface area contributed by atoms with Gasteiger partial charge in [0.1, 0.15) is 0 Å². The van der Waals surface area contributed by atoms with E-state index in [4.69, 9.17) is 0 Å². The fourth-order valence-corrected chi connectivity index (χ4v) is 9.47.